The number of carboxylic acid groups (broad SMARTS) is 1. The fourth-order valence-corrected chi connectivity index (χ4v) is 4.59. The first-order chi connectivity index (χ1) is 9.21. The van der Waals surface area contributed by atoms with Gasteiger partial charge in [0.1, 0.15) is 0 Å². The van der Waals surface area contributed by atoms with Gasteiger partial charge in [-0.15, -0.1) is 0 Å². The van der Waals surface area contributed by atoms with E-state index in [2.05, 4.69) is 9.80 Å². The summed E-state index contributed by atoms with van der Waals surface area (Å²) in [5.74, 6) is -0.00954. The standard InChI is InChI=1S/C15H26N2O2/c18-14(19)11-15(17-7-3-1-2-4-8-17)12-16-9-5-13(15)6-10-16/h13H,1-12H2,(H,18,19). The highest BCUT2D eigenvalue weighted by Gasteiger charge is 2.51. The molecule has 4 fully saturated rings. The van der Waals surface area contributed by atoms with Crippen molar-refractivity contribution in [3.8, 4) is 0 Å². The summed E-state index contributed by atoms with van der Waals surface area (Å²) in [6.07, 6.45) is 7.85. The van der Waals surface area contributed by atoms with Crippen molar-refractivity contribution < 1.29 is 9.90 Å². The van der Waals surface area contributed by atoms with Crippen LogP contribution < -0.4 is 0 Å². The Morgan fingerprint density at radius 3 is 2.16 bits per heavy atom. The van der Waals surface area contributed by atoms with Crippen LogP contribution in [0.25, 0.3) is 0 Å². The number of nitrogens with zero attached hydrogens (tertiary/aromatic N) is 2. The van der Waals surface area contributed by atoms with Crippen molar-refractivity contribution in [3.05, 3.63) is 0 Å². The Balaban J connectivity index is 1.85. The van der Waals surface area contributed by atoms with Crippen molar-refractivity contribution in [2.24, 2.45) is 5.92 Å². The van der Waals surface area contributed by atoms with Gasteiger partial charge in [0.2, 0.25) is 0 Å². The van der Waals surface area contributed by atoms with E-state index in [0.29, 0.717) is 12.3 Å². The van der Waals surface area contributed by atoms with Gasteiger partial charge in [0.15, 0.2) is 0 Å². The average molecular weight is 266 g/mol. The summed E-state index contributed by atoms with van der Waals surface area (Å²) in [7, 11) is 0. The van der Waals surface area contributed by atoms with E-state index in [4.69, 9.17) is 0 Å². The van der Waals surface area contributed by atoms with E-state index in [-0.39, 0.29) is 5.54 Å². The maximum atomic E-state index is 11.4. The van der Waals surface area contributed by atoms with Crippen molar-refractivity contribution in [2.75, 3.05) is 32.7 Å². The molecule has 0 aromatic rings. The third-order valence-electron chi connectivity index (χ3n) is 5.54. The number of hydrogen-bond acceptors (Lipinski definition) is 3. The lowest BCUT2D eigenvalue weighted by atomic mass is 9.69. The Hall–Kier alpha value is -0.610. The van der Waals surface area contributed by atoms with Crippen molar-refractivity contribution in [1.82, 2.24) is 9.80 Å². The number of carboxylic acids is 1. The van der Waals surface area contributed by atoms with Crippen molar-refractivity contribution in [2.45, 2.75) is 50.5 Å². The Morgan fingerprint density at radius 1 is 1.05 bits per heavy atom. The predicted molar refractivity (Wildman–Crippen MR) is 74.2 cm³/mol. The first kappa shape index (κ1) is 13.4. The maximum absolute atomic E-state index is 11.4. The van der Waals surface area contributed by atoms with Crippen LogP contribution in [0.1, 0.15) is 44.9 Å². The quantitative estimate of drug-likeness (QED) is 0.846. The Morgan fingerprint density at radius 2 is 1.68 bits per heavy atom. The second-order valence-corrected chi connectivity index (χ2v) is 6.63. The van der Waals surface area contributed by atoms with Gasteiger partial charge in [-0.3, -0.25) is 9.69 Å². The number of piperidine rings is 3. The molecule has 0 amide bonds. The van der Waals surface area contributed by atoms with Gasteiger partial charge in [-0.05, 0) is 57.8 Å². The Kier molecular flexibility index (Phi) is 3.81. The van der Waals surface area contributed by atoms with Crippen LogP contribution in [0.2, 0.25) is 0 Å². The molecule has 4 heterocycles. The molecule has 108 valence electrons. The molecule has 0 aliphatic carbocycles. The van der Waals surface area contributed by atoms with Crippen LogP contribution in [0.5, 0.6) is 0 Å². The zero-order valence-corrected chi connectivity index (χ0v) is 11.8. The molecule has 4 aliphatic rings. The lowest BCUT2D eigenvalue weighted by molar-refractivity contribution is -0.147. The molecular weight excluding hydrogens is 240 g/mol. The second kappa shape index (κ2) is 5.41. The summed E-state index contributed by atoms with van der Waals surface area (Å²) < 4.78 is 0. The van der Waals surface area contributed by atoms with Gasteiger partial charge in [-0.1, -0.05) is 12.8 Å². The molecule has 19 heavy (non-hydrogen) atoms. The average Bonchev–Trinajstić information content (AvgIpc) is 2.68. The number of aliphatic carboxylic acids is 1. The Labute approximate surface area is 115 Å². The minimum Gasteiger partial charge on any atom is -0.481 e. The molecule has 1 N–H and O–H groups in total. The molecule has 1 atom stereocenters. The fourth-order valence-electron chi connectivity index (χ4n) is 4.59. The molecule has 4 saturated heterocycles. The molecule has 0 spiro atoms. The summed E-state index contributed by atoms with van der Waals surface area (Å²) in [4.78, 5) is 16.5. The summed E-state index contributed by atoms with van der Waals surface area (Å²) in [5, 5.41) is 9.41. The molecule has 4 nitrogen and oxygen atoms in total. The molecule has 0 aromatic carbocycles. The molecule has 1 unspecified atom stereocenters. The highest BCUT2D eigenvalue weighted by atomic mass is 16.4. The number of rotatable bonds is 3. The minimum absolute atomic E-state index is 0.0628. The molecule has 0 radical (unpaired) electrons. The number of carbonyl (C=O) groups is 1. The van der Waals surface area contributed by atoms with Crippen LogP contribution in [0.4, 0.5) is 0 Å². The first-order valence-electron chi connectivity index (χ1n) is 7.90. The molecule has 2 bridgehead atoms. The molecule has 0 aromatic heterocycles. The molecule has 4 rings (SSSR count). The van der Waals surface area contributed by atoms with E-state index in [1.54, 1.807) is 0 Å². The predicted octanol–water partition coefficient (Wildman–Crippen LogP) is 1.80. The van der Waals surface area contributed by atoms with E-state index < -0.39 is 5.97 Å². The highest BCUT2D eigenvalue weighted by molar-refractivity contribution is 5.68. The number of fused-ring (bicyclic) bond motifs is 3. The molecule has 0 saturated carbocycles. The largest absolute Gasteiger partial charge is 0.481 e. The molecule has 4 aliphatic heterocycles. The van der Waals surface area contributed by atoms with Gasteiger partial charge in [0.25, 0.3) is 0 Å². The van der Waals surface area contributed by atoms with Crippen molar-refractivity contribution >= 4 is 5.97 Å². The third kappa shape index (κ3) is 2.52. The van der Waals surface area contributed by atoms with Gasteiger partial charge in [-0.2, -0.15) is 0 Å². The summed E-state index contributed by atoms with van der Waals surface area (Å²) in [6.45, 7) is 5.57. The van der Waals surface area contributed by atoms with Crippen LogP contribution in [0.3, 0.4) is 0 Å². The fraction of sp³-hybridized carbons (Fsp3) is 0.933. The van der Waals surface area contributed by atoms with E-state index in [9.17, 15) is 9.90 Å². The second-order valence-electron chi connectivity index (χ2n) is 6.63. The van der Waals surface area contributed by atoms with E-state index >= 15 is 0 Å². The van der Waals surface area contributed by atoms with Crippen LogP contribution in [0.15, 0.2) is 0 Å². The summed E-state index contributed by atoms with van der Waals surface area (Å²) in [6, 6.07) is 0. The van der Waals surface area contributed by atoms with Crippen molar-refractivity contribution in [3.63, 3.8) is 0 Å². The highest BCUT2D eigenvalue weighted by Crippen LogP contribution is 2.42. The van der Waals surface area contributed by atoms with Gasteiger partial charge >= 0.3 is 5.97 Å². The third-order valence-corrected chi connectivity index (χ3v) is 5.54. The van der Waals surface area contributed by atoms with E-state index in [1.165, 1.54) is 51.6 Å². The van der Waals surface area contributed by atoms with Gasteiger partial charge in [0, 0.05) is 12.1 Å². The van der Waals surface area contributed by atoms with Crippen LogP contribution in [-0.4, -0.2) is 59.1 Å². The zero-order chi connectivity index (χ0) is 13.3. The van der Waals surface area contributed by atoms with Crippen LogP contribution in [0, 0.1) is 5.92 Å². The monoisotopic (exact) mass is 266 g/mol. The van der Waals surface area contributed by atoms with Crippen LogP contribution >= 0.6 is 0 Å². The lowest BCUT2D eigenvalue weighted by Gasteiger charge is -2.57. The van der Waals surface area contributed by atoms with Gasteiger partial charge in [-0.25, -0.2) is 0 Å². The number of hydrogen-bond donors (Lipinski definition) is 1. The Bertz CT molecular complexity index is 331. The topological polar surface area (TPSA) is 43.8 Å². The summed E-state index contributed by atoms with van der Waals surface area (Å²) >= 11 is 0. The first-order valence-corrected chi connectivity index (χ1v) is 7.90. The maximum Gasteiger partial charge on any atom is 0.305 e. The van der Waals surface area contributed by atoms with Gasteiger partial charge < -0.3 is 10.0 Å². The zero-order valence-electron chi connectivity index (χ0n) is 11.8. The molecule has 4 heteroatoms. The van der Waals surface area contributed by atoms with E-state index in [1.807, 2.05) is 0 Å². The van der Waals surface area contributed by atoms with Gasteiger partial charge in [0.05, 0.1) is 6.42 Å². The minimum atomic E-state index is -0.613. The molecular formula is C15H26N2O2. The van der Waals surface area contributed by atoms with Crippen molar-refractivity contribution in [1.29, 1.82) is 0 Å². The lowest BCUT2D eigenvalue weighted by Crippen LogP contribution is -2.67. The normalized spacial score (nSPS) is 40.0. The smallest absolute Gasteiger partial charge is 0.305 e. The SMILES string of the molecule is O=C(O)CC1(N2CCCCCC2)CN2CCC1CC2. The van der Waals surface area contributed by atoms with Crippen LogP contribution in [-0.2, 0) is 4.79 Å². The summed E-state index contributed by atoms with van der Waals surface area (Å²) in [5.41, 5.74) is -0.0628. The number of likely N-dealkylation sites (tertiary alicyclic amines) is 1. The van der Waals surface area contributed by atoms with E-state index in [0.717, 1.165) is 19.6 Å².